The molecule has 4 rings (SSSR count). The van der Waals surface area contributed by atoms with E-state index in [9.17, 15) is 9.59 Å². The summed E-state index contributed by atoms with van der Waals surface area (Å²) in [6, 6.07) is 19.4. The second-order valence-corrected chi connectivity index (χ2v) is 7.95. The first-order valence-electron chi connectivity index (χ1n) is 10.6. The van der Waals surface area contributed by atoms with Crippen molar-refractivity contribution in [1.82, 2.24) is 4.90 Å². The van der Waals surface area contributed by atoms with Gasteiger partial charge in [0.15, 0.2) is 5.76 Å². The lowest BCUT2D eigenvalue weighted by Crippen LogP contribution is -2.39. The Kier molecular flexibility index (Phi) is 6.48. The van der Waals surface area contributed by atoms with Crippen LogP contribution in [-0.4, -0.2) is 36.3 Å². The Morgan fingerprint density at radius 1 is 1.00 bits per heavy atom. The largest absolute Gasteiger partial charge is 0.459 e. The number of furan rings is 1. The number of primary amides is 1. The average molecular weight is 418 g/mol. The molecule has 0 radical (unpaired) electrons. The first-order valence-corrected chi connectivity index (χ1v) is 10.6. The van der Waals surface area contributed by atoms with Crippen molar-refractivity contribution in [2.75, 3.05) is 25.0 Å². The van der Waals surface area contributed by atoms with E-state index in [1.54, 1.807) is 6.07 Å². The van der Waals surface area contributed by atoms with Crippen molar-refractivity contribution < 1.29 is 14.0 Å². The second-order valence-electron chi connectivity index (χ2n) is 7.95. The monoisotopic (exact) mass is 417 g/mol. The van der Waals surface area contributed by atoms with Crippen molar-refractivity contribution in [1.29, 1.82) is 0 Å². The van der Waals surface area contributed by atoms with Gasteiger partial charge in [0.2, 0.25) is 5.91 Å². The molecule has 6 nitrogen and oxygen atoms in total. The number of carbonyl (C=O) groups excluding carboxylic acids is 2. The summed E-state index contributed by atoms with van der Waals surface area (Å²) in [4.78, 5) is 26.4. The molecular formula is C25H27N3O3. The fourth-order valence-corrected chi connectivity index (χ4v) is 4.00. The second kappa shape index (κ2) is 9.62. The number of hydrogen-bond donors (Lipinski definition) is 2. The summed E-state index contributed by atoms with van der Waals surface area (Å²) in [6.45, 7) is 2.77. The predicted molar refractivity (Wildman–Crippen MR) is 121 cm³/mol. The zero-order valence-corrected chi connectivity index (χ0v) is 17.4. The van der Waals surface area contributed by atoms with Crippen molar-refractivity contribution >= 4 is 17.5 Å². The first kappa shape index (κ1) is 20.9. The molecule has 1 aromatic heterocycles. The van der Waals surface area contributed by atoms with Gasteiger partial charge in [-0.1, -0.05) is 42.5 Å². The molecule has 3 N–H and O–H groups in total. The maximum atomic E-state index is 12.7. The molecule has 6 heteroatoms. The Morgan fingerprint density at radius 3 is 2.39 bits per heavy atom. The number of nitrogens with zero attached hydrogens (tertiary/aromatic N) is 1. The molecule has 0 unspecified atom stereocenters. The highest BCUT2D eigenvalue weighted by atomic mass is 16.3. The van der Waals surface area contributed by atoms with Gasteiger partial charge in [-0.15, -0.1) is 0 Å². The lowest BCUT2D eigenvalue weighted by molar-refractivity contribution is -0.123. The number of likely N-dealkylation sites (tertiary alicyclic amines) is 1. The Bertz CT molecular complexity index is 1020. The highest BCUT2D eigenvalue weighted by Crippen LogP contribution is 2.25. The molecule has 1 aliphatic rings. The van der Waals surface area contributed by atoms with Crippen LogP contribution in [0.2, 0.25) is 0 Å². The summed E-state index contributed by atoms with van der Waals surface area (Å²) in [7, 11) is 0. The van der Waals surface area contributed by atoms with Crippen molar-refractivity contribution in [2.45, 2.75) is 19.3 Å². The maximum Gasteiger partial charge on any atom is 0.292 e. The minimum atomic E-state index is -0.270. The fraction of sp³-hybridized carbons (Fsp3) is 0.280. The summed E-state index contributed by atoms with van der Waals surface area (Å²) in [5.41, 5.74) is 9.05. The van der Waals surface area contributed by atoms with Gasteiger partial charge < -0.3 is 20.4 Å². The quantitative estimate of drug-likeness (QED) is 0.609. The minimum Gasteiger partial charge on any atom is -0.459 e. The number of hydrogen-bond acceptors (Lipinski definition) is 4. The van der Waals surface area contributed by atoms with E-state index in [2.05, 4.69) is 10.2 Å². The van der Waals surface area contributed by atoms with Gasteiger partial charge in [-0.2, -0.15) is 0 Å². The predicted octanol–water partition coefficient (Wildman–Crippen LogP) is 3.94. The van der Waals surface area contributed by atoms with Crippen LogP contribution in [0.15, 0.2) is 71.3 Å². The highest BCUT2D eigenvalue weighted by molar-refractivity contribution is 6.06. The van der Waals surface area contributed by atoms with E-state index in [0.29, 0.717) is 5.76 Å². The molecule has 1 aliphatic heterocycles. The van der Waals surface area contributed by atoms with E-state index in [1.165, 1.54) is 11.8 Å². The SMILES string of the molecule is NC(=O)C1CCN(CCc2ccc(NC(=O)c3occc3-c3ccccc3)cc2)CC1. The van der Waals surface area contributed by atoms with Gasteiger partial charge >= 0.3 is 0 Å². The van der Waals surface area contributed by atoms with Crippen molar-refractivity contribution in [2.24, 2.45) is 11.7 Å². The van der Waals surface area contributed by atoms with Crippen molar-refractivity contribution in [3.05, 3.63) is 78.3 Å². The van der Waals surface area contributed by atoms with Crippen molar-refractivity contribution in [3.63, 3.8) is 0 Å². The van der Waals surface area contributed by atoms with E-state index < -0.39 is 0 Å². The number of piperidine rings is 1. The molecule has 0 spiro atoms. The molecule has 2 aromatic carbocycles. The Morgan fingerprint density at radius 2 is 1.71 bits per heavy atom. The summed E-state index contributed by atoms with van der Waals surface area (Å²) in [5, 5.41) is 2.92. The van der Waals surface area contributed by atoms with Gasteiger partial charge in [0.25, 0.3) is 5.91 Å². The van der Waals surface area contributed by atoms with Crippen LogP contribution in [0.25, 0.3) is 11.1 Å². The molecule has 0 bridgehead atoms. The van der Waals surface area contributed by atoms with Crippen LogP contribution in [0.3, 0.4) is 0 Å². The standard InChI is InChI=1S/C25H27N3O3/c26-24(29)20-11-15-28(16-12-20)14-10-18-6-8-21(9-7-18)27-25(30)23-22(13-17-31-23)19-4-2-1-3-5-19/h1-9,13,17,20H,10-12,14-16H2,(H2,26,29)(H,27,30). The number of nitrogens with two attached hydrogens (primary N) is 1. The van der Waals surface area contributed by atoms with E-state index in [-0.39, 0.29) is 17.7 Å². The number of benzene rings is 2. The van der Waals surface area contributed by atoms with Gasteiger partial charge in [-0.25, -0.2) is 0 Å². The van der Waals surface area contributed by atoms with Crippen LogP contribution in [-0.2, 0) is 11.2 Å². The molecule has 1 fully saturated rings. The maximum absolute atomic E-state index is 12.7. The summed E-state index contributed by atoms with van der Waals surface area (Å²) < 4.78 is 5.46. The topological polar surface area (TPSA) is 88.6 Å². The van der Waals surface area contributed by atoms with Crippen molar-refractivity contribution in [3.8, 4) is 11.1 Å². The van der Waals surface area contributed by atoms with Crippen LogP contribution in [0.1, 0.15) is 29.0 Å². The Balaban J connectivity index is 1.31. The summed E-state index contributed by atoms with van der Waals surface area (Å²) in [5.74, 6) is -0.123. The third kappa shape index (κ3) is 5.22. The van der Waals surface area contributed by atoms with Crippen LogP contribution in [0, 0.1) is 5.92 Å². The molecule has 2 amide bonds. The molecule has 0 atom stereocenters. The lowest BCUT2D eigenvalue weighted by atomic mass is 9.96. The van der Waals surface area contributed by atoms with Gasteiger partial charge in [0.1, 0.15) is 0 Å². The average Bonchev–Trinajstić information content (AvgIpc) is 3.30. The molecule has 160 valence electrons. The molecule has 1 saturated heterocycles. The molecule has 31 heavy (non-hydrogen) atoms. The van der Waals surface area contributed by atoms with Crippen LogP contribution in [0.4, 0.5) is 5.69 Å². The van der Waals surface area contributed by atoms with E-state index in [4.69, 9.17) is 10.2 Å². The van der Waals surface area contributed by atoms with E-state index >= 15 is 0 Å². The summed E-state index contributed by atoms with van der Waals surface area (Å²) in [6.07, 6.45) is 4.15. The molecule has 0 saturated carbocycles. The van der Waals surface area contributed by atoms with Crippen LogP contribution < -0.4 is 11.1 Å². The lowest BCUT2D eigenvalue weighted by Gasteiger charge is -2.30. The Hall–Kier alpha value is -3.38. The van der Waals surface area contributed by atoms with E-state index in [1.807, 2.05) is 54.6 Å². The molecule has 3 aromatic rings. The molecule has 0 aliphatic carbocycles. The van der Waals surface area contributed by atoms with Gasteiger partial charge in [0.05, 0.1) is 6.26 Å². The molecule has 2 heterocycles. The molecular weight excluding hydrogens is 390 g/mol. The zero-order valence-electron chi connectivity index (χ0n) is 17.4. The fourth-order valence-electron chi connectivity index (χ4n) is 4.00. The normalized spacial score (nSPS) is 15.0. The number of amides is 2. The zero-order chi connectivity index (χ0) is 21.6. The highest BCUT2D eigenvalue weighted by Gasteiger charge is 2.22. The van der Waals surface area contributed by atoms with Gasteiger partial charge in [-0.05, 0) is 61.7 Å². The van der Waals surface area contributed by atoms with Gasteiger partial charge in [-0.3, -0.25) is 9.59 Å². The number of anilines is 1. The summed E-state index contributed by atoms with van der Waals surface area (Å²) >= 11 is 0. The first-order chi connectivity index (χ1) is 15.1. The van der Waals surface area contributed by atoms with E-state index in [0.717, 1.165) is 55.7 Å². The van der Waals surface area contributed by atoms with Crippen LogP contribution in [0.5, 0.6) is 0 Å². The number of rotatable bonds is 7. The third-order valence-corrected chi connectivity index (χ3v) is 5.87. The third-order valence-electron chi connectivity index (χ3n) is 5.87. The Labute approximate surface area is 182 Å². The number of nitrogens with one attached hydrogen (secondary N) is 1. The van der Waals surface area contributed by atoms with Gasteiger partial charge in [0, 0.05) is 23.7 Å². The number of carbonyl (C=O) groups is 2. The minimum absolute atomic E-state index is 0.0238. The van der Waals surface area contributed by atoms with Crippen LogP contribution >= 0.6 is 0 Å². The smallest absolute Gasteiger partial charge is 0.292 e.